The van der Waals surface area contributed by atoms with Gasteiger partial charge in [-0.15, -0.1) is 0 Å². The molecule has 21 heavy (non-hydrogen) atoms. The maximum absolute atomic E-state index is 12.6. The molecule has 0 aliphatic heterocycles. The molecule has 0 amide bonds. The third kappa shape index (κ3) is 5.31. The van der Waals surface area contributed by atoms with Gasteiger partial charge in [0.25, 0.3) is 0 Å². The Bertz CT molecular complexity index is 533. The second kappa shape index (κ2) is 6.94. The fraction of sp³-hybridized carbons (Fsp3) is 0.333. The Morgan fingerprint density at radius 3 is 2.29 bits per heavy atom. The molecule has 0 aliphatic carbocycles. The summed E-state index contributed by atoms with van der Waals surface area (Å²) in [5.41, 5.74) is 8.62. The van der Waals surface area contributed by atoms with Crippen LogP contribution in [0.1, 0.15) is 12.0 Å². The van der Waals surface area contributed by atoms with E-state index in [1.165, 1.54) is 12.1 Å². The standard InChI is InChI=1S/C12H10F5N3O/c13-11(14,15)12(16,17)21-10-6-4-9(5-7-10)3-1-2-8-19-20-18/h1,3-7H,2,8H2. The van der Waals surface area contributed by atoms with Crippen LogP contribution in [0.2, 0.25) is 0 Å². The lowest BCUT2D eigenvalue weighted by molar-refractivity contribution is -0.360. The first kappa shape index (κ1) is 16.8. The molecule has 0 saturated carbocycles. The van der Waals surface area contributed by atoms with Gasteiger partial charge in [0, 0.05) is 11.5 Å². The van der Waals surface area contributed by atoms with Gasteiger partial charge in [-0.25, -0.2) is 0 Å². The molecule has 9 heteroatoms. The van der Waals surface area contributed by atoms with E-state index in [4.69, 9.17) is 5.53 Å². The fourth-order valence-electron chi connectivity index (χ4n) is 1.25. The SMILES string of the molecule is [N-]=[N+]=NCCC=Cc1ccc(OC(F)(F)C(F)(F)F)cc1. The van der Waals surface area contributed by atoms with Crippen molar-refractivity contribution in [3.05, 3.63) is 46.3 Å². The maximum Gasteiger partial charge on any atom is 0.499 e. The largest absolute Gasteiger partial charge is 0.499 e. The van der Waals surface area contributed by atoms with Crippen LogP contribution in [-0.2, 0) is 0 Å². The van der Waals surface area contributed by atoms with Crippen molar-refractivity contribution in [2.45, 2.75) is 18.7 Å². The quantitative estimate of drug-likeness (QED) is 0.241. The Hall–Kier alpha value is -2.28. The summed E-state index contributed by atoms with van der Waals surface area (Å²) in [6, 6.07) is 4.66. The smallest absolute Gasteiger partial charge is 0.426 e. The summed E-state index contributed by atoms with van der Waals surface area (Å²) >= 11 is 0. The molecule has 0 N–H and O–H groups in total. The van der Waals surface area contributed by atoms with E-state index in [-0.39, 0.29) is 6.54 Å². The Kier molecular flexibility index (Phi) is 5.54. The summed E-state index contributed by atoms with van der Waals surface area (Å²) in [7, 11) is 0. The molecule has 0 fully saturated rings. The van der Waals surface area contributed by atoms with Crippen LogP contribution in [0.5, 0.6) is 5.75 Å². The minimum Gasteiger partial charge on any atom is -0.426 e. The first-order valence-corrected chi connectivity index (χ1v) is 5.67. The van der Waals surface area contributed by atoms with Gasteiger partial charge >= 0.3 is 12.3 Å². The summed E-state index contributed by atoms with van der Waals surface area (Å²) in [4.78, 5) is 2.56. The van der Waals surface area contributed by atoms with Crippen LogP contribution in [0.3, 0.4) is 0 Å². The van der Waals surface area contributed by atoms with E-state index in [0.717, 1.165) is 12.1 Å². The number of benzene rings is 1. The van der Waals surface area contributed by atoms with Crippen LogP contribution < -0.4 is 4.74 Å². The highest BCUT2D eigenvalue weighted by Gasteiger charge is 2.61. The molecule has 0 atom stereocenters. The predicted octanol–water partition coefficient (Wildman–Crippen LogP) is 4.93. The van der Waals surface area contributed by atoms with Gasteiger partial charge in [-0.3, -0.25) is 0 Å². The minimum atomic E-state index is -5.77. The average Bonchev–Trinajstić information content (AvgIpc) is 2.39. The molecule has 0 bridgehead atoms. The van der Waals surface area contributed by atoms with Gasteiger partial charge in [0.05, 0.1) is 0 Å². The van der Waals surface area contributed by atoms with Gasteiger partial charge in [-0.1, -0.05) is 29.4 Å². The molecule has 1 aromatic rings. The monoisotopic (exact) mass is 307 g/mol. The van der Waals surface area contributed by atoms with Crippen molar-refractivity contribution in [2.24, 2.45) is 5.11 Å². The molecule has 1 aromatic carbocycles. The number of ether oxygens (including phenoxy) is 1. The zero-order valence-corrected chi connectivity index (χ0v) is 10.5. The third-order valence-corrected chi connectivity index (χ3v) is 2.23. The number of azide groups is 1. The van der Waals surface area contributed by atoms with E-state index >= 15 is 0 Å². The van der Waals surface area contributed by atoms with Crippen molar-refractivity contribution < 1.29 is 26.7 Å². The molecule has 0 aliphatic rings. The van der Waals surface area contributed by atoms with E-state index in [1.54, 1.807) is 12.2 Å². The average molecular weight is 307 g/mol. The summed E-state index contributed by atoms with van der Waals surface area (Å²) in [6.07, 6.45) is -7.24. The summed E-state index contributed by atoms with van der Waals surface area (Å²) < 4.78 is 64.8. The molecule has 0 radical (unpaired) electrons. The molecular weight excluding hydrogens is 297 g/mol. The van der Waals surface area contributed by atoms with E-state index in [9.17, 15) is 22.0 Å². The van der Waals surface area contributed by atoms with Gasteiger partial charge in [-0.05, 0) is 29.6 Å². The summed E-state index contributed by atoms with van der Waals surface area (Å²) in [5.74, 6) is -0.594. The van der Waals surface area contributed by atoms with Crippen molar-refractivity contribution in [2.75, 3.05) is 6.54 Å². The number of hydrogen-bond acceptors (Lipinski definition) is 2. The third-order valence-electron chi connectivity index (χ3n) is 2.23. The Labute approximate surface area is 116 Å². The topological polar surface area (TPSA) is 58.0 Å². The van der Waals surface area contributed by atoms with E-state index < -0.39 is 18.0 Å². The molecule has 0 spiro atoms. The van der Waals surface area contributed by atoms with E-state index in [2.05, 4.69) is 14.8 Å². The number of alkyl halides is 5. The van der Waals surface area contributed by atoms with Crippen LogP contribution in [0, 0.1) is 0 Å². The second-order valence-corrected chi connectivity index (χ2v) is 3.83. The lowest BCUT2D eigenvalue weighted by Crippen LogP contribution is -2.41. The molecule has 1 rings (SSSR count). The number of halogens is 5. The highest BCUT2D eigenvalue weighted by Crippen LogP contribution is 2.37. The zero-order chi connectivity index (χ0) is 15.9. The Balaban J connectivity index is 2.64. The second-order valence-electron chi connectivity index (χ2n) is 3.83. The van der Waals surface area contributed by atoms with Crippen LogP contribution in [0.15, 0.2) is 35.5 Å². The predicted molar refractivity (Wildman–Crippen MR) is 65.7 cm³/mol. The maximum atomic E-state index is 12.6. The van der Waals surface area contributed by atoms with Crippen molar-refractivity contribution in [3.8, 4) is 5.75 Å². The lowest BCUT2D eigenvalue weighted by atomic mass is 10.2. The fourth-order valence-corrected chi connectivity index (χ4v) is 1.25. The molecule has 114 valence electrons. The van der Waals surface area contributed by atoms with Gasteiger partial charge in [-0.2, -0.15) is 22.0 Å². The number of nitrogens with zero attached hydrogens (tertiary/aromatic N) is 3. The first-order chi connectivity index (χ1) is 9.76. The summed E-state index contributed by atoms with van der Waals surface area (Å²) in [6.45, 7) is 0.270. The molecule has 4 nitrogen and oxygen atoms in total. The van der Waals surface area contributed by atoms with Crippen molar-refractivity contribution >= 4 is 6.08 Å². The van der Waals surface area contributed by atoms with Crippen LogP contribution in [0.4, 0.5) is 22.0 Å². The molecule has 0 saturated heterocycles. The van der Waals surface area contributed by atoms with Gasteiger partial charge in [0.15, 0.2) is 0 Å². The van der Waals surface area contributed by atoms with Crippen LogP contribution in [-0.4, -0.2) is 18.8 Å². The van der Waals surface area contributed by atoms with Crippen molar-refractivity contribution in [1.82, 2.24) is 0 Å². The highest BCUT2D eigenvalue weighted by molar-refractivity contribution is 5.50. The van der Waals surface area contributed by atoms with E-state index in [1.807, 2.05) is 0 Å². The Morgan fingerprint density at radius 1 is 1.14 bits per heavy atom. The molecule has 0 unspecified atom stereocenters. The zero-order valence-electron chi connectivity index (χ0n) is 10.5. The van der Waals surface area contributed by atoms with E-state index in [0.29, 0.717) is 12.0 Å². The first-order valence-electron chi connectivity index (χ1n) is 5.67. The van der Waals surface area contributed by atoms with Gasteiger partial charge in [0.1, 0.15) is 5.75 Å². The van der Waals surface area contributed by atoms with Crippen LogP contribution >= 0.6 is 0 Å². The van der Waals surface area contributed by atoms with Gasteiger partial charge in [0.2, 0.25) is 0 Å². The van der Waals surface area contributed by atoms with Crippen LogP contribution in [0.25, 0.3) is 16.5 Å². The molecule has 0 aromatic heterocycles. The van der Waals surface area contributed by atoms with Gasteiger partial charge < -0.3 is 4.74 Å². The normalized spacial score (nSPS) is 12.2. The van der Waals surface area contributed by atoms with Crippen molar-refractivity contribution in [1.29, 1.82) is 0 Å². The highest BCUT2D eigenvalue weighted by atomic mass is 19.4. The Morgan fingerprint density at radius 2 is 1.76 bits per heavy atom. The number of rotatable bonds is 6. The number of hydrogen-bond donors (Lipinski definition) is 0. The van der Waals surface area contributed by atoms with Crippen molar-refractivity contribution in [3.63, 3.8) is 0 Å². The summed E-state index contributed by atoms with van der Waals surface area (Å²) in [5, 5.41) is 3.30. The minimum absolute atomic E-state index is 0.270. The molecular formula is C12H10F5N3O. The lowest BCUT2D eigenvalue weighted by Gasteiger charge is -2.20. The molecule has 0 heterocycles.